The fourth-order valence-corrected chi connectivity index (χ4v) is 2.14. The van der Waals surface area contributed by atoms with Gasteiger partial charge in [-0.05, 0) is 25.0 Å². The van der Waals surface area contributed by atoms with E-state index in [1.807, 2.05) is 0 Å². The van der Waals surface area contributed by atoms with E-state index in [-0.39, 0.29) is 24.8 Å². The van der Waals surface area contributed by atoms with E-state index in [1.54, 1.807) is 0 Å². The van der Waals surface area contributed by atoms with Crippen LogP contribution >= 0.6 is 0 Å². The van der Waals surface area contributed by atoms with E-state index in [4.69, 9.17) is 16.2 Å². The molecule has 0 saturated heterocycles. The number of nitrogens with two attached hydrogens (primary N) is 2. The van der Waals surface area contributed by atoms with E-state index in [0.717, 1.165) is 4.57 Å². The van der Waals surface area contributed by atoms with Gasteiger partial charge in [0.25, 0.3) is 5.56 Å². The zero-order valence-corrected chi connectivity index (χ0v) is 15.3. The summed E-state index contributed by atoms with van der Waals surface area (Å²) in [7, 11) is 0. The predicted molar refractivity (Wildman–Crippen MR) is 104 cm³/mol. The number of carbonyl (C=O) groups is 3. The average molecular weight is 392 g/mol. The number of ether oxygens (including phenoxy) is 1. The fraction of sp³-hybridized carbons (Fsp3) is 0.353. The minimum Gasteiger partial charge on any atom is -0.445 e. The third kappa shape index (κ3) is 8.17. The van der Waals surface area contributed by atoms with E-state index in [9.17, 15) is 19.2 Å². The van der Waals surface area contributed by atoms with Gasteiger partial charge >= 0.3 is 6.09 Å². The first-order chi connectivity index (χ1) is 13.4. The predicted octanol–water partition coefficient (Wildman–Crippen LogP) is -0.680. The Labute approximate surface area is 161 Å². The molecule has 1 atom stereocenters. The van der Waals surface area contributed by atoms with Crippen molar-refractivity contribution in [1.29, 1.82) is 0 Å². The number of aliphatic imine (C=N–C) groups is 1. The number of nitrogens with zero attached hydrogens (tertiary/aromatic N) is 2. The number of aldehydes is 1. The van der Waals surface area contributed by atoms with E-state index in [0.29, 0.717) is 25.7 Å². The van der Waals surface area contributed by atoms with Crippen molar-refractivity contribution in [2.24, 2.45) is 16.5 Å². The number of carbonyl (C=O) groups excluding carboxylic acids is 3. The van der Waals surface area contributed by atoms with Crippen LogP contribution in [0.1, 0.15) is 12.8 Å². The van der Waals surface area contributed by atoms with Crippen molar-refractivity contribution < 1.29 is 19.1 Å². The highest BCUT2D eigenvalue weighted by Crippen LogP contribution is 2.01. The van der Waals surface area contributed by atoms with Crippen LogP contribution in [0.4, 0.5) is 10.5 Å². The van der Waals surface area contributed by atoms with Crippen molar-refractivity contribution in [3.05, 3.63) is 41.3 Å². The lowest BCUT2D eigenvalue weighted by Gasteiger charge is -2.13. The van der Waals surface area contributed by atoms with Gasteiger partial charge in [-0.3, -0.25) is 19.9 Å². The third-order valence-corrected chi connectivity index (χ3v) is 3.38. The van der Waals surface area contributed by atoms with Crippen molar-refractivity contribution in [2.45, 2.75) is 25.4 Å². The van der Waals surface area contributed by atoms with Gasteiger partial charge in [0.05, 0.1) is 6.04 Å². The summed E-state index contributed by atoms with van der Waals surface area (Å²) in [5.74, 6) is -0.583. The Morgan fingerprint density at radius 1 is 1.39 bits per heavy atom. The lowest BCUT2D eigenvalue weighted by molar-refractivity contribution is -0.124. The number of aromatic nitrogens is 1. The molecule has 11 nitrogen and oxygen atoms in total. The normalized spacial score (nSPS) is 11.0. The van der Waals surface area contributed by atoms with Crippen molar-refractivity contribution in [1.82, 2.24) is 9.88 Å². The van der Waals surface area contributed by atoms with Gasteiger partial charge in [0.2, 0.25) is 5.91 Å². The lowest BCUT2D eigenvalue weighted by atomic mass is 10.2. The molecule has 0 fully saturated rings. The van der Waals surface area contributed by atoms with Gasteiger partial charge in [-0.25, -0.2) is 4.79 Å². The highest BCUT2D eigenvalue weighted by atomic mass is 16.5. The van der Waals surface area contributed by atoms with Gasteiger partial charge in [-0.2, -0.15) is 0 Å². The van der Waals surface area contributed by atoms with Crippen LogP contribution < -0.4 is 27.7 Å². The summed E-state index contributed by atoms with van der Waals surface area (Å²) in [6.07, 6.45) is 3.39. The molecular weight excluding hydrogens is 368 g/mol. The number of pyridine rings is 1. The van der Waals surface area contributed by atoms with Crippen LogP contribution in [-0.4, -0.2) is 48.0 Å². The van der Waals surface area contributed by atoms with Crippen molar-refractivity contribution in [3.8, 4) is 0 Å². The molecule has 0 aliphatic heterocycles. The number of hydrogen-bond acceptors (Lipinski definition) is 6. The number of rotatable bonds is 11. The van der Waals surface area contributed by atoms with Gasteiger partial charge in [0, 0.05) is 12.7 Å². The molecule has 0 aliphatic rings. The SMILES string of the molecule is C=CCOC(=O)Nc1cccn(CC(=O)N[C@H](C=O)CCCN=C(N)N)c1=O. The molecule has 0 aromatic carbocycles. The zero-order valence-electron chi connectivity index (χ0n) is 15.3. The maximum absolute atomic E-state index is 12.3. The van der Waals surface area contributed by atoms with E-state index in [1.165, 1.54) is 24.4 Å². The summed E-state index contributed by atoms with van der Waals surface area (Å²) in [6, 6.07) is 2.14. The maximum Gasteiger partial charge on any atom is 0.412 e. The second kappa shape index (κ2) is 11.9. The second-order valence-electron chi connectivity index (χ2n) is 5.63. The molecule has 6 N–H and O–H groups in total. The van der Waals surface area contributed by atoms with Gasteiger partial charge in [0.1, 0.15) is 25.1 Å². The number of guanidine groups is 1. The monoisotopic (exact) mass is 392 g/mol. The summed E-state index contributed by atoms with van der Waals surface area (Å²) in [5.41, 5.74) is 9.77. The summed E-state index contributed by atoms with van der Waals surface area (Å²) < 4.78 is 5.84. The molecule has 0 aliphatic carbocycles. The molecule has 1 aromatic rings. The molecule has 0 unspecified atom stereocenters. The second-order valence-corrected chi connectivity index (χ2v) is 5.63. The van der Waals surface area contributed by atoms with Crippen LogP contribution in [0.5, 0.6) is 0 Å². The lowest BCUT2D eigenvalue weighted by Crippen LogP contribution is -2.40. The zero-order chi connectivity index (χ0) is 20.9. The van der Waals surface area contributed by atoms with Gasteiger partial charge in [-0.15, -0.1) is 0 Å². The maximum atomic E-state index is 12.3. The average Bonchev–Trinajstić information content (AvgIpc) is 2.65. The number of hydrogen-bond donors (Lipinski definition) is 4. The molecule has 1 rings (SSSR count). The topological polar surface area (TPSA) is 171 Å². The van der Waals surface area contributed by atoms with Crippen LogP contribution in [0.2, 0.25) is 0 Å². The first-order valence-corrected chi connectivity index (χ1v) is 8.41. The Kier molecular flexibility index (Phi) is 9.51. The summed E-state index contributed by atoms with van der Waals surface area (Å²) in [4.78, 5) is 50.9. The minimum absolute atomic E-state index is 0.00840. The quantitative estimate of drug-likeness (QED) is 0.127. The van der Waals surface area contributed by atoms with Crippen molar-refractivity contribution in [2.75, 3.05) is 18.5 Å². The molecule has 1 heterocycles. The molecule has 2 amide bonds. The Morgan fingerprint density at radius 3 is 2.79 bits per heavy atom. The molecule has 1 aromatic heterocycles. The van der Waals surface area contributed by atoms with Crippen molar-refractivity contribution >= 4 is 29.9 Å². The van der Waals surface area contributed by atoms with Crippen LogP contribution in [-0.2, 0) is 20.9 Å². The molecule has 0 saturated carbocycles. The molecule has 0 bridgehead atoms. The Hall–Kier alpha value is -3.63. The van der Waals surface area contributed by atoms with Gasteiger partial charge in [-0.1, -0.05) is 12.7 Å². The molecular formula is C17H24N6O5. The van der Waals surface area contributed by atoms with Crippen molar-refractivity contribution in [3.63, 3.8) is 0 Å². The van der Waals surface area contributed by atoms with Crippen LogP contribution in [0, 0.1) is 0 Å². The highest BCUT2D eigenvalue weighted by molar-refractivity contribution is 5.84. The Morgan fingerprint density at radius 2 is 2.14 bits per heavy atom. The van der Waals surface area contributed by atoms with Crippen LogP contribution in [0.25, 0.3) is 0 Å². The third-order valence-electron chi connectivity index (χ3n) is 3.38. The van der Waals surface area contributed by atoms with Crippen LogP contribution in [0.3, 0.4) is 0 Å². The smallest absolute Gasteiger partial charge is 0.412 e. The number of amides is 2. The van der Waals surface area contributed by atoms with E-state index in [2.05, 4.69) is 22.2 Å². The highest BCUT2D eigenvalue weighted by Gasteiger charge is 2.14. The number of anilines is 1. The summed E-state index contributed by atoms with van der Waals surface area (Å²) in [6.45, 7) is 3.41. The molecule has 0 radical (unpaired) electrons. The molecule has 0 spiro atoms. The molecule has 11 heteroatoms. The summed E-state index contributed by atoms with van der Waals surface area (Å²) in [5, 5.41) is 4.81. The molecule has 152 valence electrons. The standard InChI is InChI=1S/C17H24N6O5/c1-2-9-28-17(27)22-13-6-4-8-23(15(13)26)10-14(25)21-12(11-24)5-3-7-20-16(18)19/h2,4,6,8,11-12H,1,3,5,7,9-10H2,(H,21,25)(H,22,27)(H4,18,19,20)/t12-/m0/s1. The minimum atomic E-state index is -0.819. The summed E-state index contributed by atoms with van der Waals surface area (Å²) >= 11 is 0. The largest absolute Gasteiger partial charge is 0.445 e. The van der Waals surface area contributed by atoms with E-state index < -0.39 is 23.6 Å². The number of nitrogens with one attached hydrogen (secondary N) is 2. The first-order valence-electron chi connectivity index (χ1n) is 8.41. The first kappa shape index (κ1) is 22.4. The molecule has 28 heavy (non-hydrogen) atoms. The van der Waals surface area contributed by atoms with Gasteiger partial charge in [0.15, 0.2) is 5.96 Å². The Bertz CT molecular complexity index is 784. The Balaban J connectivity index is 2.65. The van der Waals surface area contributed by atoms with Gasteiger partial charge < -0.3 is 30.9 Å². The van der Waals surface area contributed by atoms with Crippen LogP contribution in [0.15, 0.2) is 40.8 Å². The fourth-order valence-electron chi connectivity index (χ4n) is 2.14. The van der Waals surface area contributed by atoms with E-state index >= 15 is 0 Å².